The molecule has 1 rings (SSSR count). The number of benzene rings is 1. The Balaban J connectivity index is 3.51. The molecular formula is C28H47N3O4. The van der Waals surface area contributed by atoms with Crippen LogP contribution >= 0.6 is 0 Å². The molecule has 0 heterocycles. The zero-order valence-corrected chi connectivity index (χ0v) is 23.3. The lowest BCUT2D eigenvalue weighted by molar-refractivity contribution is -0.146. The quantitative estimate of drug-likeness (QED) is 0.432. The van der Waals surface area contributed by atoms with E-state index < -0.39 is 23.8 Å². The summed E-state index contributed by atoms with van der Waals surface area (Å²) in [6, 6.07) is 7.37. The average Bonchev–Trinajstić information content (AvgIpc) is 2.72. The standard InChI is InChI=1S/C28H47N3O4/c1-18(2)16-17-21(7)31(24(25(32)29-20(5)6)22-14-12-11-13-15-22)26(33)23(19(3)4)30-27(34)35-28(8,9)10/h11-15,18-21,23-24H,16-17H2,1-10H3,(H,29,32)(H,30,34). The van der Waals surface area contributed by atoms with Crippen LogP contribution in [0.1, 0.15) is 93.7 Å². The lowest BCUT2D eigenvalue weighted by atomic mass is 9.95. The number of carbonyl (C=O) groups excluding carboxylic acids is 3. The van der Waals surface area contributed by atoms with Gasteiger partial charge in [-0.15, -0.1) is 0 Å². The molecule has 0 aliphatic carbocycles. The fourth-order valence-corrected chi connectivity index (χ4v) is 3.86. The third-order valence-electron chi connectivity index (χ3n) is 5.57. The van der Waals surface area contributed by atoms with E-state index in [1.807, 2.05) is 65.0 Å². The molecule has 0 aliphatic rings. The Morgan fingerprint density at radius 2 is 1.46 bits per heavy atom. The van der Waals surface area contributed by atoms with Crippen LogP contribution in [-0.2, 0) is 14.3 Å². The topological polar surface area (TPSA) is 87.7 Å². The first-order chi connectivity index (χ1) is 16.1. The van der Waals surface area contributed by atoms with Crippen LogP contribution in [0.5, 0.6) is 0 Å². The SMILES string of the molecule is CC(C)CCC(C)N(C(=O)C(NC(=O)OC(C)(C)C)C(C)C)C(C(=O)NC(C)C)c1ccccc1. The van der Waals surface area contributed by atoms with Crippen molar-refractivity contribution in [1.29, 1.82) is 0 Å². The van der Waals surface area contributed by atoms with Crippen LogP contribution in [0.3, 0.4) is 0 Å². The van der Waals surface area contributed by atoms with Crippen LogP contribution in [0, 0.1) is 11.8 Å². The van der Waals surface area contributed by atoms with E-state index in [0.29, 0.717) is 5.92 Å². The predicted octanol–water partition coefficient (Wildman–Crippen LogP) is 5.45. The molecule has 7 nitrogen and oxygen atoms in total. The number of nitrogens with zero attached hydrogens (tertiary/aromatic N) is 1. The van der Waals surface area contributed by atoms with Crippen LogP contribution in [0.15, 0.2) is 30.3 Å². The van der Waals surface area contributed by atoms with Gasteiger partial charge in [-0.25, -0.2) is 4.79 Å². The Kier molecular flexibility index (Phi) is 11.7. The van der Waals surface area contributed by atoms with Crippen molar-refractivity contribution in [2.45, 2.75) is 112 Å². The molecule has 1 aromatic carbocycles. The van der Waals surface area contributed by atoms with Crippen molar-refractivity contribution in [2.75, 3.05) is 0 Å². The van der Waals surface area contributed by atoms with E-state index in [-0.39, 0.29) is 29.8 Å². The Labute approximate surface area is 212 Å². The second-order valence-electron chi connectivity index (χ2n) is 11.4. The second-order valence-corrected chi connectivity index (χ2v) is 11.4. The van der Waals surface area contributed by atoms with E-state index in [4.69, 9.17) is 4.74 Å². The lowest BCUT2D eigenvalue weighted by Gasteiger charge is -2.39. The zero-order valence-electron chi connectivity index (χ0n) is 23.3. The fourth-order valence-electron chi connectivity index (χ4n) is 3.86. The molecule has 3 unspecified atom stereocenters. The molecule has 0 saturated heterocycles. The second kappa shape index (κ2) is 13.5. The third kappa shape index (κ3) is 10.3. The van der Waals surface area contributed by atoms with E-state index in [1.54, 1.807) is 25.7 Å². The maximum absolute atomic E-state index is 14.2. The van der Waals surface area contributed by atoms with Crippen molar-refractivity contribution in [3.05, 3.63) is 35.9 Å². The largest absolute Gasteiger partial charge is 0.444 e. The lowest BCUT2D eigenvalue weighted by Crippen LogP contribution is -2.57. The first kappa shape index (κ1) is 30.5. The van der Waals surface area contributed by atoms with E-state index in [9.17, 15) is 14.4 Å². The third-order valence-corrected chi connectivity index (χ3v) is 5.57. The van der Waals surface area contributed by atoms with Crippen LogP contribution < -0.4 is 10.6 Å². The van der Waals surface area contributed by atoms with Gasteiger partial charge in [0, 0.05) is 12.1 Å². The summed E-state index contributed by atoms with van der Waals surface area (Å²) in [4.78, 5) is 42.0. The summed E-state index contributed by atoms with van der Waals surface area (Å²) < 4.78 is 5.43. The minimum atomic E-state index is -0.843. The fraction of sp³-hybridized carbons (Fsp3) is 0.679. The van der Waals surface area contributed by atoms with Gasteiger partial charge in [-0.2, -0.15) is 0 Å². The smallest absolute Gasteiger partial charge is 0.408 e. The normalized spacial score (nSPS) is 14.4. The highest BCUT2D eigenvalue weighted by Crippen LogP contribution is 2.28. The average molecular weight is 490 g/mol. The van der Waals surface area contributed by atoms with Crippen LogP contribution in [0.2, 0.25) is 0 Å². The molecular weight excluding hydrogens is 442 g/mol. The molecule has 0 spiro atoms. The monoisotopic (exact) mass is 489 g/mol. The molecule has 0 radical (unpaired) electrons. The van der Waals surface area contributed by atoms with Crippen LogP contribution in [0.25, 0.3) is 0 Å². The Morgan fingerprint density at radius 1 is 0.886 bits per heavy atom. The van der Waals surface area contributed by atoms with Gasteiger partial charge in [-0.3, -0.25) is 9.59 Å². The minimum absolute atomic E-state index is 0.0857. The highest BCUT2D eigenvalue weighted by Gasteiger charge is 2.39. The van der Waals surface area contributed by atoms with Crippen LogP contribution in [-0.4, -0.2) is 46.5 Å². The molecule has 198 valence electrons. The molecule has 2 N–H and O–H groups in total. The van der Waals surface area contributed by atoms with Gasteiger partial charge < -0.3 is 20.3 Å². The van der Waals surface area contributed by atoms with Gasteiger partial charge in [0.25, 0.3) is 0 Å². The molecule has 0 saturated carbocycles. The Hall–Kier alpha value is -2.57. The Morgan fingerprint density at radius 3 is 1.91 bits per heavy atom. The Bertz CT molecular complexity index is 815. The predicted molar refractivity (Wildman–Crippen MR) is 141 cm³/mol. The number of carbonyl (C=O) groups is 3. The number of hydrogen-bond donors (Lipinski definition) is 2. The van der Waals surface area contributed by atoms with Crippen LogP contribution in [0.4, 0.5) is 4.79 Å². The number of hydrogen-bond acceptors (Lipinski definition) is 4. The molecule has 0 fully saturated rings. The number of amides is 3. The maximum Gasteiger partial charge on any atom is 0.408 e. The van der Waals surface area contributed by atoms with Gasteiger partial charge in [0.2, 0.25) is 11.8 Å². The van der Waals surface area contributed by atoms with Crippen molar-refractivity contribution in [3.63, 3.8) is 0 Å². The molecule has 3 amide bonds. The molecule has 1 aromatic rings. The molecule has 3 atom stereocenters. The van der Waals surface area contributed by atoms with Crippen molar-refractivity contribution >= 4 is 17.9 Å². The summed E-state index contributed by atoms with van der Waals surface area (Å²) in [6.07, 6.45) is 0.991. The van der Waals surface area contributed by atoms with Gasteiger partial charge in [0.15, 0.2) is 0 Å². The van der Waals surface area contributed by atoms with Crippen molar-refractivity contribution in [1.82, 2.24) is 15.5 Å². The van der Waals surface area contributed by atoms with Gasteiger partial charge in [-0.05, 0) is 71.8 Å². The van der Waals surface area contributed by atoms with Gasteiger partial charge in [0.1, 0.15) is 17.7 Å². The summed E-state index contributed by atoms with van der Waals surface area (Å²) in [6.45, 7) is 19.1. The molecule has 35 heavy (non-hydrogen) atoms. The summed E-state index contributed by atoms with van der Waals surface area (Å²) in [5.41, 5.74) is 0.0398. The van der Waals surface area contributed by atoms with E-state index in [2.05, 4.69) is 24.5 Å². The van der Waals surface area contributed by atoms with Gasteiger partial charge >= 0.3 is 6.09 Å². The molecule has 0 aliphatic heterocycles. The highest BCUT2D eigenvalue weighted by molar-refractivity contribution is 5.92. The first-order valence-corrected chi connectivity index (χ1v) is 12.8. The van der Waals surface area contributed by atoms with E-state index in [1.165, 1.54) is 0 Å². The summed E-state index contributed by atoms with van der Waals surface area (Å²) in [5.74, 6) is -0.292. The van der Waals surface area contributed by atoms with E-state index >= 15 is 0 Å². The van der Waals surface area contributed by atoms with E-state index in [0.717, 1.165) is 18.4 Å². The number of alkyl carbamates (subject to hydrolysis) is 1. The van der Waals surface area contributed by atoms with Gasteiger partial charge in [-0.1, -0.05) is 58.0 Å². The first-order valence-electron chi connectivity index (χ1n) is 12.8. The summed E-state index contributed by atoms with van der Waals surface area (Å²) in [7, 11) is 0. The zero-order chi connectivity index (χ0) is 26.9. The highest BCUT2D eigenvalue weighted by atomic mass is 16.6. The summed E-state index contributed by atoms with van der Waals surface area (Å²) in [5, 5.41) is 5.77. The number of nitrogens with one attached hydrogen (secondary N) is 2. The van der Waals surface area contributed by atoms with Crippen molar-refractivity contribution in [3.8, 4) is 0 Å². The maximum atomic E-state index is 14.2. The van der Waals surface area contributed by atoms with Crippen molar-refractivity contribution < 1.29 is 19.1 Å². The molecule has 0 bridgehead atoms. The minimum Gasteiger partial charge on any atom is -0.444 e. The summed E-state index contributed by atoms with van der Waals surface area (Å²) >= 11 is 0. The van der Waals surface area contributed by atoms with Gasteiger partial charge in [0.05, 0.1) is 0 Å². The number of rotatable bonds is 11. The molecule has 0 aromatic heterocycles. The molecule has 7 heteroatoms. The van der Waals surface area contributed by atoms with Crippen molar-refractivity contribution in [2.24, 2.45) is 11.8 Å². The number of ether oxygens (including phenoxy) is 1.